The number of nitrogens with one attached hydrogen (secondary N) is 1. The number of hydrogen-bond acceptors (Lipinski definition) is 7. The van der Waals surface area contributed by atoms with Crippen molar-refractivity contribution in [3.8, 4) is 22.4 Å². The van der Waals surface area contributed by atoms with Crippen molar-refractivity contribution in [1.82, 2.24) is 15.3 Å². The van der Waals surface area contributed by atoms with Crippen molar-refractivity contribution in [1.29, 1.82) is 0 Å². The van der Waals surface area contributed by atoms with Crippen LogP contribution in [0, 0.1) is 5.92 Å². The van der Waals surface area contributed by atoms with Crippen molar-refractivity contribution in [2.75, 3.05) is 6.54 Å². The van der Waals surface area contributed by atoms with Crippen LogP contribution in [0.15, 0.2) is 89.4 Å². The lowest BCUT2D eigenvalue weighted by Crippen LogP contribution is -2.47. The molecule has 1 aromatic heterocycles. The zero-order valence-electron chi connectivity index (χ0n) is 21.5. The van der Waals surface area contributed by atoms with Gasteiger partial charge in [-0.05, 0) is 48.7 Å². The number of nitrogens with two attached hydrogens (primary N) is 2. The van der Waals surface area contributed by atoms with Crippen molar-refractivity contribution in [3.05, 3.63) is 96.1 Å². The van der Waals surface area contributed by atoms with E-state index in [2.05, 4.69) is 71.5 Å². The molecule has 0 spiro atoms. The predicted molar refractivity (Wildman–Crippen MR) is 160 cm³/mol. The Hall–Kier alpha value is -3.88. The lowest BCUT2D eigenvalue weighted by molar-refractivity contribution is 0.164. The summed E-state index contributed by atoms with van der Waals surface area (Å²) in [6, 6.07) is 21.0. The van der Waals surface area contributed by atoms with Gasteiger partial charge in [0.2, 0.25) is 0 Å². The summed E-state index contributed by atoms with van der Waals surface area (Å²) in [5.74, 6) is 1.09. The van der Waals surface area contributed by atoms with Gasteiger partial charge in [0, 0.05) is 40.8 Å². The molecule has 2 aliphatic rings. The SMILES string of the molecule is C=N/C=C\NC/C(N)=N/N1C=Cc2nc(-c3ccc(C4(N)CC(C)C4)cc3)c(-c3ccccc3)cc2C1S. The van der Waals surface area contributed by atoms with Crippen LogP contribution in [0.25, 0.3) is 28.5 Å². The normalized spacial score (nSPS) is 22.7. The van der Waals surface area contributed by atoms with E-state index < -0.39 is 0 Å². The first-order valence-corrected chi connectivity index (χ1v) is 13.2. The molecule has 1 atom stereocenters. The van der Waals surface area contributed by atoms with E-state index in [4.69, 9.17) is 29.1 Å². The molecule has 8 heteroatoms. The van der Waals surface area contributed by atoms with Gasteiger partial charge in [-0.1, -0.05) is 61.5 Å². The Balaban J connectivity index is 1.49. The number of hydrazone groups is 1. The molecule has 1 aliphatic carbocycles. The van der Waals surface area contributed by atoms with Gasteiger partial charge in [0.1, 0.15) is 11.2 Å². The zero-order valence-corrected chi connectivity index (χ0v) is 22.4. The largest absolute Gasteiger partial charge is 0.384 e. The summed E-state index contributed by atoms with van der Waals surface area (Å²) >= 11 is 4.89. The molecule has 1 aliphatic heterocycles. The third-order valence-electron chi connectivity index (χ3n) is 7.07. The van der Waals surface area contributed by atoms with Crippen LogP contribution in [-0.4, -0.2) is 29.1 Å². The Morgan fingerprint density at radius 1 is 1.18 bits per heavy atom. The molecule has 1 fully saturated rings. The third-order valence-corrected chi connectivity index (χ3v) is 7.58. The van der Waals surface area contributed by atoms with Crippen LogP contribution in [0.4, 0.5) is 0 Å². The highest BCUT2D eigenvalue weighted by molar-refractivity contribution is 7.80. The van der Waals surface area contributed by atoms with Gasteiger partial charge in [0.15, 0.2) is 0 Å². The van der Waals surface area contributed by atoms with Gasteiger partial charge in [0.25, 0.3) is 0 Å². The molecule has 1 saturated carbocycles. The molecule has 2 aromatic carbocycles. The number of rotatable bonds is 8. The topological polar surface area (TPSA) is 105 Å². The summed E-state index contributed by atoms with van der Waals surface area (Å²) in [6.07, 6.45) is 9.07. The molecule has 194 valence electrons. The van der Waals surface area contributed by atoms with Gasteiger partial charge in [-0.3, -0.25) is 10.0 Å². The second kappa shape index (κ2) is 10.8. The molecule has 7 nitrogen and oxygen atoms in total. The van der Waals surface area contributed by atoms with Gasteiger partial charge < -0.3 is 16.8 Å². The van der Waals surface area contributed by atoms with E-state index in [1.807, 2.05) is 30.5 Å². The van der Waals surface area contributed by atoms with Gasteiger partial charge >= 0.3 is 0 Å². The van der Waals surface area contributed by atoms with E-state index in [-0.39, 0.29) is 10.9 Å². The Morgan fingerprint density at radius 2 is 1.92 bits per heavy atom. The average Bonchev–Trinajstić information content (AvgIpc) is 2.92. The summed E-state index contributed by atoms with van der Waals surface area (Å²) in [4.78, 5) is 8.77. The lowest BCUT2D eigenvalue weighted by atomic mass is 9.66. The smallest absolute Gasteiger partial charge is 0.139 e. The van der Waals surface area contributed by atoms with Crippen LogP contribution in [0.2, 0.25) is 0 Å². The second-order valence-corrected chi connectivity index (χ2v) is 10.5. The number of pyridine rings is 1. The number of aliphatic imine (C=N–C) groups is 1. The maximum Gasteiger partial charge on any atom is 0.139 e. The molecule has 5 N–H and O–H groups in total. The molecule has 5 rings (SSSR count). The first kappa shape index (κ1) is 25.8. The first-order chi connectivity index (χ1) is 18.4. The summed E-state index contributed by atoms with van der Waals surface area (Å²) in [6.45, 7) is 6.02. The Labute approximate surface area is 229 Å². The quantitative estimate of drug-likeness (QED) is 0.183. The van der Waals surface area contributed by atoms with Crippen LogP contribution >= 0.6 is 12.6 Å². The molecular weight excluding hydrogens is 490 g/mol. The number of fused-ring (bicyclic) bond motifs is 1. The lowest BCUT2D eigenvalue weighted by Gasteiger charge is -2.44. The standard InChI is InChI=1S/C30H33N7S/c1-20-17-30(32,18-20)23-10-8-22(9-11-23)28-24(21-6-4-3-5-7-21)16-25-26(35-28)12-15-37(29(25)38)36-27(31)19-34-14-13-33-2/h3-16,20,29,34,38H,2,17-19,32H2,1H3,(H2,31,36)/b14-13-. The summed E-state index contributed by atoms with van der Waals surface area (Å²) in [7, 11) is 0. The fourth-order valence-corrected chi connectivity index (χ4v) is 5.57. The van der Waals surface area contributed by atoms with Crippen LogP contribution in [-0.2, 0) is 5.54 Å². The van der Waals surface area contributed by atoms with Crippen LogP contribution in [0.1, 0.15) is 42.0 Å². The Morgan fingerprint density at radius 3 is 2.61 bits per heavy atom. The third kappa shape index (κ3) is 5.23. The van der Waals surface area contributed by atoms with Gasteiger partial charge in [-0.25, -0.2) is 4.98 Å². The predicted octanol–water partition coefficient (Wildman–Crippen LogP) is 5.25. The van der Waals surface area contributed by atoms with Crippen molar-refractivity contribution in [2.45, 2.75) is 30.7 Å². The number of benzene rings is 2. The van der Waals surface area contributed by atoms with Gasteiger partial charge in [-0.15, -0.1) is 12.6 Å². The Kier molecular flexibility index (Phi) is 7.35. The minimum atomic E-state index is -0.344. The zero-order chi connectivity index (χ0) is 26.7. The summed E-state index contributed by atoms with van der Waals surface area (Å²) < 4.78 is 0. The monoisotopic (exact) mass is 523 g/mol. The number of aromatic nitrogens is 1. The highest BCUT2D eigenvalue weighted by atomic mass is 32.1. The summed E-state index contributed by atoms with van der Waals surface area (Å²) in [5, 5.41) is 8.95. The summed E-state index contributed by atoms with van der Waals surface area (Å²) in [5.41, 5.74) is 19.6. The molecule has 3 aromatic rings. The minimum Gasteiger partial charge on any atom is -0.384 e. The fourth-order valence-electron chi connectivity index (χ4n) is 5.23. The molecular formula is C30H33N7S. The van der Waals surface area contributed by atoms with Crippen LogP contribution in [0.5, 0.6) is 0 Å². The minimum absolute atomic E-state index is 0.217. The number of hydrogen-bond donors (Lipinski definition) is 4. The number of amidine groups is 1. The molecule has 0 bridgehead atoms. The first-order valence-electron chi connectivity index (χ1n) is 12.7. The van der Waals surface area contributed by atoms with Crippen molar-refractivity contribution in [3.63, 3.8) is 0 Å². The highest BCUT2D eigenvalue weighted by Gasteiger charge is 2.39. The van der Waals surface area contributed by atoms with Crippen LogP contribution in [0.3, 0.4) is 0 Å². The average molecular weight is 524 g/mol. The van der Waals surface area contributed by atoms with E-state index in [0.29, 0.717) is 18.3 Å². The van der Waals surface area contributed by atoms with Crippen molar-refractivity contribution >= 4 is 31.3 Å². The van der Waals surface area contributed by atoms with E-state index in [1.54, 1.807) is 17.4 Å². The maximum atomic E-state index is 6.65. The second-order valence-electron chi connectivity index (χ2n) is 10.0. The van der Waals surface area contributed by atoms with E-state index in [0.717, 1.165) is 46.5 Å². The molecule has 0 amide bonds. The number of nitrogens with zero attached hydrogens (tertiary/aromatic N) is 4. The maximum absolute atomic E-state index is 6.65. The molecule has 1 unspecified atom stereocenters. The van der Waals surface area contributed by atoms with Crippen molar-refractivity contribution in [2.24, 2.45) is 27.5 Å². The molecule has 2 heterocycles. The fraction of sp³-hybridized carbons (Fsp3) is 0.233. The van der Waals surface area contributed by atoms with E-state index in [9.17, 15) is 0 Å². The molecule has 0 radical (unpaired) electrons. The van der Waals surface area contributed by atoms with E-state index >= 15 is 0 Å². The van der Waals surface area contributed by atoms with Crippen molar-refractivity contribution < 1.29 is 0 Å². The molecule has 0 saturated heterocycles. The highest BCUT2D eigenvalue weighted by Crippen LogP contribution is 2.44. The molecule has 38 heavy (non-hydrogen) atoms. The van der Waals surface area contributed by atoms with Gasteiger partial charge in [0.05, 0.1) is 17.9 Å². The van der Waals surface area contributed by atoms with Gasteiger partial charge in [-0.2, -0.15) is 5.10 Å². The Bertz CT molecular complexity index is 1390. The number of thiol groups is 1. The van der Waals surface area contributed by atoms with Crippen LogP contribution < -0.4 is 16.8 Å². The van der Waals surface area contributed by atoms with E-state index in [1.165, 1.54) is 5.56 Å².